The highest BCUT2D eigenvalue weighted by Gasteiger charge is 2.25. The number of nitrogens with zero attached hydrogens (tertiary/aromatic N) is 4. The van der Waals surface area contributed by atoms with Gasteiger partial charge in [-0.25, -0.2) is 9.97 Å². The fourth-order valence-corrected chi connectivity index (χ4v) is 2.77. The highest BCUT2D eigenvalue weighted by Crippen LogP contribution is 2.25. The van der Waals surface area contributed by atoms with Crippen molar-refractivity contribution in [1.82, 2.24) is 19.4 Å². The molecule has 6 nitrogen and oxygen atoms in total. The smallest absolute Gasteiger partial charge is 0.245 e. The summed E-state index contributed by atoms with van der Waals surface area (Å²) in [4.78, 5) is 22.6. The minimum atomic E-state index is -0.269. The Kier molecular flexibility index (Phi) is 3.60. The molecule has 2 aromatic heterocycles. The number of amides is 1. The molecule has 1 unspecified atom stereocenters. The SMILES string of the molecule is CC(C(=O)N1CCCC1)n1cncc1-c1ccnc(N)c1. The van der Waals surface area contributed by atoms with E-state index in [4.69, 9.17) is 5.73 Å². The van der Waals surface area contributed by atoms with E-state index in [9.17, 15) is 4.79 Å². The fraction of sp³-hybridized carbons (Fsp3) is 0.400. The molecule has 0 saturated carbocycles. The molecule has 1 aliphatic heterocycles. The number of likely N-dealkylation sites (tertiary alicyclic amines) is 1. The van der Waals surface area contributed by atoms with Crippen molar-refractivity contribution in [2.45, 2.75) is 25.8 Å². The minimum Gasteiger partial charge on any atom is -0.384 e. The Balaban J connectivity index is 1.89. The maximum Gasteiger partial charge on any atom is 0.245 e. The second-order valence-electron chi connectivity index (χ2n) is 5.36. The molecule has 0 aromatic carbocycles. The zero-order valence-electron chi connectivity index (χ0n) is 12.1. The summed E-state index contributed by atoms with van der Waals surface area (Å²) < 4.78 is 1.90. The van der Waals surface area contributed by atoms with Crippen LogP contribution in [0.4, 0.5) is 5.82 Å². The Morgan fingerprint density at radius 1 is 1.38 bits per heavy atom. The van der Waals surface area contributed by atoms with Gasteiger partial charge in [0.15, 0.2) is 0 Å². The van der Waals surface area contributed by atoms with E-state index in [1.165, 1.54) is 0 Å². The van der Waals surface area contributed by atoms with Gasteiger partial charge in [-0.1, -0.05) is 0 Å². The van der Waals surface area contributed by atoms with Gasteiger partial charge in [0.1, 0.15) is 11.9 Å². The van der Waals surface area contributed by atoms with Crippen LogP contribution in [0.15, 0.2) is 30.9 Å². The highest BCUT2D eigenvalue weighted by atomic mass is 16.2. The molecule has 0 bridgehead atoms. The van der Waals surface area contributed by atoms with E-state index in [0.29, 0.717) is 5.82 Å². The minimum absolute atomic E-state index is 0.147. The summed E-state index contributed by atoms with van der Waals surface area (Å²) >= 11 is 0. The van der Waals surface area contributed by atoms with Gasteiger partial charge in [-0.15, -0.1) is 0 Å². The zero-order valence-corrected chi connectivity index (χ0v) is 12.1. The lowest BCUT2D eigenvalue weighted by molar-refractivity contribution is -0.133. The predicted molar refractivity (Wildman–Crippen MR) is 80.4 cm³/mol. The summed E-state index contributed by atoms with van der Waals surface area (Å²) in [6.45, 7) is 3.63. The number of hydrogen-bond donors (Lipinski definition) is 1. The molecule has 3 rings (SSSR count). The maximum absolute atomic E-state index is 12.5. The largest absolute Gasteiger partial charge is 0.384 e. The summed E-state index contributed by atoms with van der Waals surface area (Å²) in [5.41, 5.74) is 7.53. The number of carbonyl (C=O) groups is 1. The van der Waals surface area contributed by atoms with Crippen LogP contribution in [-0.2, 0) is 4.79 Å². The molecule has 110 valence electrons. The van der Waals surface area contributed by atoms with Crippen LogP contribution in [-0.4, -0.2) is 38.4 Å². The second kappa shape index (κ2) is 5.55. The van der Waals surface area contributed by atoms with Crippen LogP contribution >= 0.6 is 0 Å². The van der Waals surface area contributed by atoms with E-state index in [-0.39, 0.29) is 11.9 Å². The van der Waals surface area contributed by atoms with Crippen molar-refractivity contribution in [2.24, 2.45) is 0 Å². The molecule has 1 aliphatic rings. The highest BCUT2D eigenvalue weighted by molar-refractivity contribution is 5.81. The predicted octanol–water partition coefficient (Wildman–Crippen LogP) is 1.71. The standard InChI is InChI=1S/C15H19N5O/c1-11(15(21)19-6-2-3-7-19)20-10-17-9-13(20)12-4-5-18-14(16)8-12/h4-5,8-11H,2-3,6-7H2,1H3,(H2,16,18). The third-order valence-electron chi connectivity index (χ3n) is 3.94. The summed E-state index contributed by atoms with van der Waals surface area (Å²) in [7, 11) is 0. The van der Waals surface area contributed by atoms with Crippen LogP contribution in [0.25, 0.3) is 11.3 Å². The van der Waals surface area contributed by atoms with Gasteiger partial charge in [-0.05, 0) is 31.9 Å². The second-order valence-corrected chi connectivity index (χ2v) is 5.36. The monoisotopic (exact) mass is 285 g/mol. The summed E-state index contributed by atoms with van der Waals surface area (Å²) in [5.74, 6) is 0.604. The quantitative estimate of drug-likeness (QED) is 0.931. The molecule has 2 N–H and O–H groups in total. The topological polar surface area (TPSA) is 77.0 Å². The van der Waals surface area contributed by atoms with E-state index in [0.717, 1.165) is 37.2 Å². The summed E-state index contributed by atoms with van der Waals surface area (Å²) in [6, 6.07) is 3.40. The number of hydrogen-bond acceptors (Lipinski definition) is 4. The van der Waals surface area contributed by atoms with Crippen LogP contribution in [0.2, 0.25) is 0 Å². The van der Waals surface area contributed by atoms with Crippen molar-refractivity contribution in [3.8, 4) is 11.3 Å². The van der Waals surface area contributed by atoms with Gasteiger partial charge in [-0.2, -0.15) is 0 Å². The van der Waals surface area contributed by atoms with E-state index in [2.05, 4.69) is 9.97 Å². The number of imidazole rings is 1. The first-order valence-electron chi connectivity index (χ1n) is 7.19. The molecule has 1 atom stereocenters. The fourth-order valence-electron chi connectivity index (χ4n) is 2.77. The summed E-state index contributed by atoms with van der Waals surface area (Å²) in [5, 5.41) is 0. The molecule has 1 fully saturated rings. The Hall–Kier alpha value is -2.37. The molecule has 1 saturated heterocycles. The molecule has 0 spiro atoms. The number of nitrogens with two attached hydrogens (primary N) is 1. The van der Waals surface area contributed by atoms with Crippen LogP contribution in [0, 0.1) is 0 Å². The molecule has 6 heteroatoms. The first-order chi connectivity index (χ1) is 10.2. The molecule has 1 amide bonds. The van der Waals surface area contributed by atoms with Gasteiger partial charge < -0.3 is 15.2 Å². The first kappa shape index (κ1) is 13.6. The van der Waals surface area contributed by atoms with Gasteiger partial charge in [0.05, 0.1) is 18.2 Å². The molecule has 2 aromatic rings. The number of rotatable bonds is 3. The summed E-state index contributed by atoms with van der Waals surface area (Å²) in [6.07, 6.45) is 7.30. The van der Waals surface area contributed by atoms with E-state index in [1.807, 2.05) is 22.5 Å². The van der Waals surface area contributed by atoms with Gasteiger partial charge in [0, 0.05) is 24.8 Å². The van der Waals surface area contributed by atoms with E-state index < -0.39 is 0 Å². The number of carbonyl (C=O) groups excluding carboxylic acids is 1. The van der Waals surface area contributed by atoms with Gasteiger partial charge >= 0.3 is 0 Å². The molecular formula is C15H19N5O. The maximum atomic E-state index is 12.5. The Labute approximate surface area is 123 Å². The average Bonchev–Trinajstić information content (AvgIpc) is 3.16. The molecule has 0 aliphatic carbocycles. The number of nitrogen functional groups attached to an aromatic ring is 1. The third-order valence-corrected chi connectivity index (χ3v) is 3.94. The molecule has 21 heavy (non-hydrogen) atoms. The molecule has 3 heterocycles. The third kappa shape index (κ3) is 2.61. The lowest BCUT2D eigenvalue weighted by Gasteiger charge is -2.22. The van der Waals surface area contributed by atoms with Crippen LogP contribution < -0.4 is 5.73 Å². The average molecular weight is 285 g/mol. The number of aromatic nitrogens is 3. The van der Waals surface area contributed by atoms with Crippen molar-refractivity contribution in [3.05, 3.63) is 30.9 Å². The molecular weight excluding hydrogens is 266 g/mol. The van der Waals surface area contributed by atoms with Crippen molar-refractivity contribution in [3.63, 3.8) is 0 Å². The van der Waals surface area contributed by atoms with E-state index >= 15 is 0 Å². The normalized spacial score (nSPS) is 16.1. The van der Waals surface area contributed by atoms with Crippen molar-refractivity contribution >= 4 is 11.7 Å². The first-order valence-corrected chi connectivity index (χ1v) is 7.19. The lowest BCUT2D eigenvalue weighted by Crippen LogP contribution is -2.33. The Bertz CT molecular complexity index is 645. The van der Waals surface area contributed by atoms with Gasteiger partial charge in [0.2, 0.25) is 5.91 Å². The Morgan fingerprint density at radius 2 is 2.14 bits per heavy atom. The van der Waals surface area contributed by atoms with Gasteiger partial charge in [0.25, 0.3) is 0 Å². The lowest BCUT2D eigenvalue weighted by atomic mass is 10.2. The Morgan fingerprint density at radius 3 is 2.86 bits per heavy atom. The van der Waals surface area contributed by atoms with Crippen molar-refractivity contribution in [1.29, 1.82) is 0 Å². The molecule has 0 radical (unpaired) electrons. The van der Waals surface area contributed by atoms with Crippen LogP contribution in [0.1, 0.15) is 25.8 Å². The zero-order chi connectivity index (χ0) is 14.8. The van der Waals surface area contributed by atoms with Gasteiger partial charge in [-0.3, -0.25) is 4.79 Å². The van der Waals surface area contributed by atoms with E-state index in [1.54, 1.807) is 24.8 Å². The van der Waals surface area contributed by atoms with Crippen molar-refractivity contribution < 1.29 is 4.79 Å². The van der Waals surface area contributed by atoms with Crippen LogP contribution in [0.5, 0.6) is 0 Å². The number of anilines is 1. The van der Waals surface area contributed by atoms with Crippen molar-refractivity contribution in [2.75, 3.05) is 18.8 Å². The van der Waals surface area contributed by atoms with Crippen LogP contribution in [0.3, 0.4) is 0 Å². The number of pyridine rings is 1.